The lowest BCUT2D eigenvalue weighted by atomic mass is 9.83. The second-order valence-corrected chi connectivity index (χ2v) is 7.35. The van der Waals surface area contributed by atoms with E-state index >= 15 is 0 Å². The third-order valence-corrected chi connectivity index (χ3v) is 5.58. The zero-order valence-electron chi connectivity index (χ0n) is 15.5. The molecule has 3 aromatic rings. The van der Waals surface area contributed by atoms with Gasteiger partial charge in [-0.3, -0.25) is 0 Å². The maximum atomic E-state index is 14.8. The van der Waals surface area contributed by atoms with Crippen molar-refractivity contribution < 1.29 is 9.50 Å². The number of piperidine rings is 1. The number of hydrogen-bond acceptors (Lipinski definition) is 6. The summed E-state index contributed by atoms with van der Waals surface area (Å²) in [6, 6.07) is 8.61. The average molecular weight is 390 g/mol. The normalized spacial score (nSPS) is 25.3. The molecule has 2 aromatic heterocycles. The van der Waals surface area contributed by atoms with E-state index in [9.17, 15) is 9.50 Å². The van der Waals surface area contributed by atoms with E-state index in [2.05, 4.69) is 32.4 Å². The highest BCUT2D eigenvalue weighted by molar-refractivity contribution is 5.70. The quantitative estimate of drug-likeness (QED) is 0.666. The maximum Gasteiger partial charge on any atom is 0.127 e. The Hall–Kier alpha value is -3.39. The van der Waals surface area contributed by atoms with Crippen molar-refractivity contribution >= 4 is 5.57 Å². The predicted octanol–water partition coefficient (Wildman–Crippen LogP) is 2.70. The summed E-state index contributed by atoms with van der Waals surface area (Å²) in [5.41, 5.74) is 2.98. The molecule has 2 aliphatic heterocycles. The average Bonchev–Trinajstić information content (AvgIpc) is 3.41. The molecule has 0 radical (unpaired) electrons. The number of nitrogens with one attached hydrogen (secondary N) is 1. The summed E-state index contributed by atoms with van der Waals surface area (Å²) >= 11 is 0. The van der Waals surface area contributed by atoms with Gasteiger partial charge in [0.15, 0.2) is 0 Å². The first kappa shape index (κ1) is 17.7. The smallest absolute Gasteiger partial charge is 0.127 e. The highest BCUT2D eigenvalue weighted by Gasteiger charge is 2.40. The molecule has 0 aliphatic carbocycles. The number of phenolic OH excluding ortho intramolecular Hbond substituents is 1. The van der Waals surface area contributed by atoms with Gasteiger partial charge < -0.3 is 10.4 Å². The van der Waals surface area contributed by atoms with Crippen LogP contribution < -0.4 is 5.32 Å². The number of allylic oxidation sites excluding steroid dienone is 1. The molecule has 8 heteroatoms. The summed E-state index contributed by atoms with van der Waals surface area (Å²) < 4.78 is 16.3. The van der Waals surface area contributed by atoms with Crippen molar-refractivity contribution in [2.75, 3.05) is 0 Å². The third kappa shape index (κ3) is 3.11. The molecule has 1 saturated heterocycles. The summed E-state index contributed by atoms with van der Waals surface area (Å²) in [5, 5.41) is 29.8. The van der Waals surface area contributed by atoms with Crippen LogP contribution in [0.5, 0.6) is 5.75 Å². The molecule has 2 N–H and O–H groups in total. The Kier molecular flexibility index (Phi) is 4.21. The van der Waals surface area contributed by atoms with Gasteiger partial charge in [-0.05, 0) is 36.3 Å². The Bertz CT molecular complexity index is 1080. The number of aromatic hydroxyl groups is 1. The van der Waals surface area contributed by atoms with Gasteiger partial charge in [0, 0.05) is 23.6 Å². The van der Waals surface area contributed by atoms with Gasteiger partial charge in [-0.15, -0.1) is 10.2 Å². The molecule has 1 aromatic carbocycles. The fourth-order valence-corrected chi connectivity index (χ4v) is 4.01. The van der Waals surface area contributed by atoms with E-state index in [-0.39, 0.29) is 23.8 Å². The van der Waals surface area contributed by atoms with Crippen molar-refractivity contribution in [2.24, 2.45) is 5.92 Å². The van der Waals surface area contributed by atoms with Crippen LogP contribution >= 0.6 is 0 Å². The van der Waals surface area contributed by atoms with E-state index in [4.69, 9.17) is 0 Å². The molecule has 0 unspecified atom stereocenters. The number of benzene rings is 1. The van der Waals surface area contributed by atoms with Gasteiger partial charge in [0.25, 0.3) is 0 Å². The SMILES string of the molecule is C=C(c1ccc(-c2ccc(-n3ccnn3)cc2O)nn1)[C@H]1C[C@@H]2C=C[C@@H](N2)[C@@H]1F. The van der Waals surface area contributed by atoms with Crippen molar-refractivity contribution in [2.45, 2.75) is 24.7 Å². The van der Waals surface area contributed by atoms with E-state index in [1.807, 2.05) is 18.2 Å². The van der Waals surface area contributed by atoms with E-state index < -0.39 is 6.17 Å². The minimum absolute atomic E-state index is 0.0590. The molecule has 1 fully saturated rings. The standard InChI is InChI=1S/C21H19FN6O/c1-12(16-10-13-2-5-19(24-13)21(16)22)17-6-7-18(26-25-17)15-4-3-14(11-20(15)29)28-9-8-23-27-28/h2-9,11,13,16,19,21,24,29H,1,10H2/t13-,16+,19+,21+/m0/s1. The topological polar surface area (TPSA) is 88.8 Å². The van der Waals surface area contributed by atoms with Crippen LogP contribution in [0.4, 0.5) is 4.39 Å². The van der Waals surface area contributed by atoms with E-state index in [1.165, 1.54) is 0 Å². The largest absolute Gasteiger partial charge is 0.507 e. The molecular weight excluding hydrogens is 371 g/mol. The molecule has 4 heterocycles. The molecule has 0 spiro atoms. The summed E-state index contributed by atoms with van der Waals surface area (Å²) in [5.74, 6) is -0.236. The van der Waals surface area contributed by atoms with Crippen molar-refractivity contribution in [1.29, 1.82) is 0 Å². The Morgan fingerprint density at radius 2 is 2.10 bits per heavy atom. The molecule has 0 saturated carbocycles. The van der Waals surface area contributed by atoms with Crippen LogP contribution in [0.15, 0.2) is 61.5 Å². The van der Waals surface area contributed by atoms with E-state index in [0.29, 0.717) is 34.6 Å². The lowest BCUT2D eigenvalue weighted by Gasteiger charge is -2.33. The van der Waals surface area contributed by atoms with Crippen LogP contribution in [-0.4, -0.2) is 48.6 Å². The van der Waals surface area contributed by atoms with Gasteiger partial charge in [0.1, 0.15) is 11.9 Å². The Morgan fingerprint density at radius 3 is 2.83 bits per heavy atom. The van der Waals surface area contributed by atoms with Crippen LogP contribution in [0.25, 0.3) is 22.5 Å². The first-order chi connectivity index (χ1) is 14.1. The monoisotopic (exact) mass is 390 g/mol. The molecule has 5 rings (SSSR count). The Balaban J connectivity index is 1.37. The fraction of sp³-hybridized carbons (Fsp3) is 0.238. The molecule has 29 heavy (non-hydrogen) atoms. The number of nitrogens with zero attached hydrogens (tertiary/aromatic N) is 5. The highest BCUT2D eigenvalue weighted by Crippen LogP contribution is 2.37. The first-order valence-electron chi connectivity index (χ1n) is 9.41. The second kappa shape index (κ2) is 6.89. The molecule has 2 bridgehead atoms. The van der Waals surface area contributed by atoms with Crippen LogP contribution in [0.1, 0.15) is 12.1 Å². The summed E-state index contributed by atoms with van der Waals surface area (Å²) in [7, 11) is 0. The lowest BCUT2D eigenvalue weighted by Crippen LogP contribution is -2.47. The van der Waals surface area contributed by atoms with Gasteiger partial charge in [-0.25, -0.2) is 9.07 Å². The molecule has 4 atom stereocenters. The number of hydrogen-bond donors (Lipinski definition) is 2. The molecule has 2 aliphatic rings. The second-order valence-electron chi connectivity index (χ2n) is 7.35. The molecule has 7 nitrogen and oxygen atoms in total. The van der Waals surface area contributed by atoms with Gasteiger partial charge in [-0.1, -0.05) is 23.9 Å². The van der Waals surface area contributed by atoms with E-state index in [1.54, 1.807) is 41.3 Å². The van der Waals surface area contributed by atoms with Gasteiger partial charge in [0.05, 0.1) is 35.5 Å². The number of alkyl halides is 1. The lowest BCUT2D eigenvalue weighted by molar-refractivity contribution is 0.179. The Labute approximate surface area is 166 Å². The number of aromatic nitrogens is 5. The van der Waals surface area contributed by atoms with E-state index in [0.717, 1.165) is 0 Å². The van der Waals surface area contributed by atoms with Crippen molar-refractivity contribution in [3.8, 4) is 22.7 Å². The minimum atomic E-state index is -1.03. The summed E-state index contributed by atoms with van der Waals surface area (Å²) in [6.07, 6.45) is 6.78. The molecule has 0 amide bonds. The van der Waals surface area contributed by atoms with Crippen molar-refractivity contribution in [3.05, 3.63) is 67.2 Å². The summed E-state index contributed by atoms with van der Waals surface area (Å²) in [6.45, 7) is 4.09. The number of fused-ring (bicyclic) bond motifs is 2. The maximum absolute atomic E-state index is 14.8. The molecular formula is C21H19FN6O. The zero-order chi connectivity index (χ0) is 20.0. The van der Waals surface area contributed by atoms with Crippen LogP contribution in [0.2, 0.25) is 0 Å². The van der Waals surface area contributed by atoms with Gasteiger partial charge in [-0.2, -0.15) is 5.10 Å². The number of halogens is 1. The van der Waals surface area contributed by atoms with Gasteiger partial charge in [0.2, 0.25) is 0 Å². The number of phenols is 1. The van der Waals surface area contributed by atoms with Gasteiger partial charge >= 0.3 is 0 Å². The van der Waals surface area contributed by atoms with Crippen molar-refractivity contribution in [1.82, 2.24) is 30.5 Å². The first-order valence-corrected chi connectivity index (χ1v) is 9.41. The van der Waals surface area contributed by atoms with Crippen LogP contribution in [0.3, 0.4) is 0 Å². The number of rotatable bonds is 4. The minimum Gasteiger partial charge on any atom is -0.507 e. The Morgan fingerprint density at radius 1 is 1.21 bits per heavy atom. The predicted molar refractivity (Wildman–Crippen MR) is 106 cm³/mol. The highest BCUT2D eigenvalue weighted by atomic mass is 19.1. The zero-order valence-corrected chi connectivity index (χ0v) is 15.5. The molecule has 146 valence electrons. The fourth-order valence-electron chi connectivity index (χ4n) is 4.01. The third-order valence-electron chi connectivity index (χ3n) is 5.58. The van der Waals surface area contributed by atoms with Crippen LogP contribution in [0, 0.1) is 5.92 Å². The van der Waals surface area contributed by atoms with Crippen molar-refractivity contribution in [3.63, 3.8) is 0 Å². The summed E-state index contributed by atoms with van der Waals surface area (Å²) in [4.78, 5) is 0. The van der Waals surface area contributed by atoms with Crippen LogP contribution in [-0.2, 0) is 0 Å².